The van der Waals surface area contributed by atoms with Gasteiger partial charge in [-0.1, -0.05) is 6.92 Å². The third-order valence-electron chi connectivity index (χ3n) is 8.65. The van der Waals surface area contributed by atoms with Crippen LogP contribution in [0, 0.1) is 16.7 Å². The Kier molecular flexibility index (Phi) is 7.61. The summed E-state index contributed by atoms with van der Waals surface area (Å²) in [5.74, 6) is 1.97. The number of rotatable bonds is 8. The summed E-state index contributed by atoms with van der Waals surface area (Å²) >= 11 is 0. The molecule has 3 aromatic heterocycles. The van der Waals surface area contributed by atoms with Crippen molar-refractivity contribution >= 4 is 17.1 Å². The van der Waals surface area contributed by atoms with Crippen LogP contribution in [0.15, 0.2) is 36.8 Å². The summed E-state index contributed by atoms with van der Waals surface area (Å²) in [6, 6.07) is 8.27. The lowest BCUT2D eigenvalue weighted by molar-refractivity contribution is -0.138. The highest BCUT2D eigenvalue weighted by Crippen LogP contribution is 2.40. The molecule has 2 saturated heterocycles. The minimum absolute atomic E-state index is 0.0180. The predicted molar refractivity (Wildman–Crippen MR) is 150 cm³/mol. The number of fused-ring (bicyclic) bond motifs is 1. The van der Waals surface area contributed by atoms with Crippen molar-refractivity contribution in [3.8, 4) is 22.9 Å². The van der Waals surface area contributed by atoms with Crippen molar-refractivity contribution in [1.29, 1.82) is 5.26 Å². The van der Waals surface area contributed by atoms with Crippen LogP contribution in [0.1, 0.15) is 51.5 Å². The molecule has 39 heavy (non-hydrogen) atoms. The van der Waals surface area contributed by atoms with E-state index in [9.17, 15) is 10.1 Å². The molecule has 9 nitrogen and oxygen atoms in total. The van der Waals surface area contributed by atoms with Gasteiger partial charge in [0.1, 0.15) is 17.6 Å². The molecule has 2 aliphatic heterocycles. The number of ketones is 1. The number of hydrogen-bond donors (Lipinski definition) is 0. The van der Waals surface area contributed by atoms with Crippen LogP contribution < -0.4 is 9.64 Å². The number of anilines is 1. The van der Waals surface area contributed by atoms with Gasteiger partial charge in [-0.2, -0.15) is 10.4 Å². The van der Waals surface area contributed by atoms with Crippen LogP contribution in [-0.2, 0) is 9.53 Å². The molecule has 9 heteroatoms. The van der Waals surface area contributed by atoms with Crippen LogP contribution in [-0.4, -0.2) is 77.8 Å². The molecule has 206 valence electrons. The number of nitrogens with zero attached hydrogens (tertiary/aromatic N) is 6. The molecule has 0 radical (unpaired) electrons. The highest BCUT2D eigenvalue weighted by Gasteiger charge is 2.45. The number of pyridine rings is 2. The third-order valence-corrected chi connectivity index (χ3v) is 8.65. The smallest absolute Gasteiger partial charge is 0.153 e. The molecule has 0 amide bonds. The highest BCUT2D eigenvalue weighted by molar-refractivity contribution is 5.89. The van der Waals surface area contributed by atoms with E-state index < -0.39 is 5.54 Å². The fourth-order valence-electron chi connectivity index (χ4n) is 6.07. The van der Waals surface area contributed by atoms with Crippen molar-refractivity contribution in [2.75, 3.05) is 51.9 Å². The maximum absolute atomic E-state index is 13.6. The summed E-state index contributed by atoms with van der Waals surface area (Å²) in [4.78, 5) is 22.8. The van der Waals surface area contributed by atoms with E-state index in [0.29, 0.717) is 43.3 Å². The zero-order chi connectivity index (χ0) is 27.6. The van der Waals surface area contributed by atoms with Crippen LogP contribution in [0.5, 0.6) is 5.75 Å². The molecule has 0 aromatic carbocycles. The first kappa shape index (κ1) is 27.1. The van der Waals surface area contributed by atoms with E-state index in [1.807, 2.05) is 45.4 Å². The van der Waals surface area contributed by atoms with Crippen molar-refractivity contribution in [3.05, 3.63) is 42.4 Å². The molecular formula is C30H38N6O3. The maximum atomic E-state index is 13.6. The molecule has 0 spiro atoms. The van der Waals surface area contributed by atoms with E-state index in [1.165, 1.54) is 0 Å². The summed E-state index contributed by atoms with van der Waals surface area (Å²) in [7, 11) is 4.05. The number of likely N-dealkylation sites (N-methyl/N-ethyl adjacent to an activating group) is 1. The fourth-order valence-corrected chi connectivity index (χ4v) is 6.07. The molecule has 0 N–H and O–H groups in total. The zero-order valence-corrected chi connectivity index (χ0v) is 23.4. The number of carbonyl (C=O) groups is 1. The molecule has 5 rings (SSSR count). The molecule has 5 heterocycles. The average Bonchev–Trinajstić information content (AvgIpc) is 3.36. The summed E-state index contributed by atoms with van der Waals surface area (Å²) in [6.07, 6.45) is 9.26. The first-order valence-corrected chi connectivity index (χ1v) is 13.8. The minimum atomic E-state index is -0.401. The summed E-state index contributed by atoms with van der Waals surface area (Å²) in [5.41, 5.74) is 2.60. The van der Waals surface area contributed by atoms with Gasteiger partial charge in [-0.05, 0) is 70.3 Å². The van der Waals surface area contributed by atoms with Crippen molar-refractivity contribution in [3.63, 3.8) is 0 Å². The molecule has 0 aliphatic carbocycles. The summed E-state index contributed by atoms with van der Waals surface area (Å²) < 4.78 is 13.0. The summed E-state index contributed by atoms with van der Waals surface area (Å²) in [6.45, 7) is 7.76. The lowest BCUT2D eigenvalue weighted by Crippen LogP contribution is -2.56. The number of hydrogen-bond acceptors (Lipinski definition) is 8. The first-order valence-electron chi connectivity index (χ1n) is 13.8. The second kappa shape index (κ2) is 10.9. The molecule has 3 aromatic rings. The molecule has 0 bridgehead atoms. The van der Waals surface area contributed by atoms with E-state index >= 15 is 0 Å². The Balaban J connectivity index is 1.30. The standard InChI is InChI=1S/C30H38N6O3/c1-5-39-24-16-25(28-23(18-31)20-33-36(28)21-24)22-6-7-27(32-19-22)35-12-8-29(2,9-13-35)17-26(37)30(34(3)4)10-14-38-15-11-30/h6-7,16,19-21H,5,8-15,17H2,1-4H3. The first-order chi connectivity index (χ1) is 18.8. The SMILES string of the molecule is CCOc1cc(-c2ccc(N3CCC(C)(CC(=O)C4(N(C)C)CCOCC4)CC3)nc2)c2c(C#N)cnn2c1. The van der Waals surface area contributed by atoms with Crippen molar-refractivity contribution in [1.82, 2.24) is 19.5 Å². The quantitative estimate of drug-likeness (QED) is 0.424. The van der Waals surface area contributed by atoms with Crippen LogP contribution in [0.2, 0.25) is 0 Å². The van der Waals surface area contributed by atoms with Crippen molar-refractivity contribution in [2.24, 2.45) is 5.41 Å². The molecule has 2 aliphatic rings. The Morgan fingerprint density at radius 2 is 1.92 bits per heavy atom. The number of piperidine rings is 1. The van der Waals surface area contributed by atoms with Gasteiger partial charge in [0.15, 0.2) is 5.78 Å². The van der Waals surface area contributed by atoms with Crippen molar-refractivity contribution in [2.45, 2.75) is 51.5 Å². The van der Waals surface area contributed by atoms with Crippen LogP contribution in [0.25, 0.3) is 16.6 Å². The number of Topliss-reactive ketones (excluding diaryl/α,β-unsaturated/α-hetero) is 1. The Morgan fingerprint density at radius 3 is 2.54 bits per heavy atom. The summed E-state index contributed by atoms with van der Waals surface area (Å²) in [5, 5.41) is 13.9. The van der Waals surface area contributed by atoms with Crippen molar-refractivity contribution < 1.29 is 14.3 Å². The van der Waals surface area contributed by atoms with Gasteiger partial charge in [0.05, 0.1) is 35.6 Å². The number of ether oxygens (including phenoxy) is 2. The Labute approximate surface area is 230 Å². The average molecular weight is 531 g/mol. The van der Waals surface area contributed by atoms with E-state index in [-0.39, 0.29) is 5.41 Å². The van der Waals surface area contributed by atoms with Gasteiger partial charge >= 0.3 is 0 Å². The zero-order valence-electron chi connectivity index (χ0n) is 23.4. The van der Waals surface area contributed by atoms with Crippen LogP contribution in [0.4, 0.5) is 5.82 Å². The molecule has 0 atom stereocenters. The predicted octanol–water partition coefficient (Wildman–Crippen LogP) is 4.34. The molecular weight excluding hydrogens is 492 g/mol. The lowest BCUT2D eigenvalue weighted by atomic mass is 9.71. The van der Waals surface area contributed by atoms with Gasteiger partial charge in [-0.25, -0.2) is 9.50 Å². The Morgan fingerprint density at radius 1 is 1.18 bits per heavy atom. The van der Waals surface area contributed by atoms with Gasteiger partial charge in [0.2, 0.25) is 0 Å². The fraction of sp³-hybridized carbons (Fsp3) is 0.533. The van der Waals surface area contributed by atoms with E-state index in [0.717, 1.165) is 61.2 Å². The third kappa shape index (κ3) is 5.23. The van der Waals surface area contributed by atoms with Gasteiger partial charge < -0.3 is 14.4 Å². The van der Waals surface area contributed by atoms with Gasteiger partial charge in [0.25, 0.3) is 0 Å². The normalized spacial score (nSPS) is 18.7. The minimum Gasteiger partial charge on any atom is -0.492 e. The largest absolute Gasteiger partial charge is 0.492 e. The van der Waals surface area contributed by atoms with Gasteiger partial charge in [-0.3, -0.25) is 9.69 Å². The highest BCUT2D eigenvalue weighted by atomic mass is 16.5. The van der Waals surface area contributed by atoms with Crippen LogP contribution >= 0.6 is 0 Å². The Bertz CT molecular complexity index is 1360. The topological polar surface area (TPSA) is 96.0 Å². The second-order valence-corrected chi connectivity index (χ2v) is 11.3. The number of carbonyl (C=O) groups excluding carboxylic acids is 1. The van der Waals surface area contributed by atoms with Crippen LogP contribution in [0.3, 0.4) is 0 Å². The maximum Gasteiger partial charge on any atom is 0.153 e. The van der Waals surface area contributed by atoms with E-state index in [4.69, 9.17) is 14.5 Å². The van der Waals surface area contributed by atoms with Gasteiger partial charge in [-0.15, -0.1) is 0 Å². The molecule has 0 unspecified atom stereocenters. The second-order valence-electron chi connectivity index (χ2n) is 11.3. The molecule has 0 saturated carbocycles. The number of nitriles is 1. The lowest BCUT2D eigenvalue weighted by Gasteiger charge is -2.45. The van der Waals surface area contributed by atoms with E-state index in [1.54, 1.807) is 16.9 Å². The monoisotopic (exact) mass is 530 g/mol. The van der Waals surface area contributed by atoms with E-state index in [2.05, 4.69) is 27.9 Å². The van der Waals surface area contributed by atoms with Gasteiger partial charge in [0, 0.05) is 50.0 Å². The molecule has 2 fully saturated rings. The number of aromatic nitrogens is 3. The Hall–Kier alpha value is -3.48.